The molecule has 1 atom stereocenters. The Morgan fingerprint density at radius 1 is 0.833 bits per heavy atom. The lowest BCUT2D eigenvalue weighted by molar-refractivity contribution is -0.147. The normalized spacial score (nSPS) is 13.6. The average Bonchev–Trinajstić information content (AvgIpc) is 2.89. The molecule has 12 heteroatoms. The highest BCUT2D eigenvalue weighted by Gasteiger charge is 2.29. The number of hydrazine groups is 1. The van der Waals surface area contributed by atoms with Gasteiger partial charge in [0.1, 0.15) is 23.0 Å². The predicted molar refractivity (Wildman–Crippen MR) is 152 cm³/mol. The lowest BCUT2D eigenvalue weighted by Gasteiger charge is -2.28. The molecule has 0 spiro atoms. The fraction of sp³-hybridized carbons (Fsp3) is 0.433. The van der Waals surface area contributed by atoms with Crippen molar-refractivity contribution in [1.82, 2.24) is 21.1 Å². The molecule has 2 aromatic carbocycles. The van der Waals surface area contributed by atoms with Gasteiger partial charge in [-0.25, -0.2) is 9.59 Å². The van der Waals surface area contributed by atoms with E-state index in [1.165, 1.54) is 17.0 Å². The Morgan fingerprint density at radius 2 is 1.45 bits per heavy atom. The molecule has 3 N–H and O–H groups in total. The first-order valence-corrected chi connectivity index (χ1v) is 13.5. The van der Waals surface area contributed by atoms with Crippen LogP contribution in [0.5, 0.6) is 5.75 Å². The Morgan fingerprint density at radius 3 is 2.07 bits per heavy atom. The molecule has 226 valence electrons. The van der Waals surface area contributed by atoms with Crippen LogP contribution in [0.1, 0.15) is 58.2 Å². The van der Waals surface area contributed by atoms with Crippen molar-refractivity contribution in [2.45, 2.75) is 78.2 Å². The molecule has 12 nitrogen and oxygen atoms in total. The van der Waals surface area contributed by atoms with Crippen LogP contribution in [-0.4, -0.2) is 58.7 Å². The molecule has 1 heterocycles. The minimum Gasteiger partial charge on any atom is -0.444 e. The molecule has 42 heavy (non-hydrogen) atoms. The Kier molecular flexibility index (Phi) is 10.2. The molecule has 0 saturated heterocycles. The van der Waals surface area contributed by atoms with Crippen LogP contribution >= 0.6 is 0 Å². The molecule has 0 fully saturated rings. The third-order valence-corrected chi connectivity index (χ3v) is 5.87. The number of hydrogen-bond donors (Lipinski definition) is 3. The highest BCUT2D eigenvalue weighted by atomic mass is 16.7. The summed E-state index contributed by atoms with van der Waals surface area (Å²) >= 11 is 0. The van der Waals surface area contributed by atoms with Crippen molar-refractivity contribution in [3.63, 3.8) is 0 Å². The number of fused-ring (bicyclic) bond motifs is 1. The molecule has 1 aliphatic rings. The number of carbonyl (C=O) groups is 5. The highest BCUT2D eigenvalue weighted by Crippen LogP contribution is 2.19. The number of carbonyl (C=O) groups excluding carboxylic acids is 5. The lowest BCUT2D eigenvalue weighted by atomic mass is 10.00. The minimum atomic E-state index is -1.19. The molecule has 0 aromatic heterocycles. The summed E-state index contributed by atoms with van der Waals surface area (Å²) in [6.07, 6.45) is -1.10. The molecular formula is C30H38N4O8. The lowest BCUT2D eigenvalue weighted by Crippen LogP contribution is -2.56. The van der Waals surface area contributed by atoms with Crippen molar-refractivity contribution in [1.29, 1.82) is 0 Å². The summed E-state index contributed by atoms with van der Waals surface area (Å²) < 4.78 is 15.6. The fourth-order valence-corrected chi connectivity index (χ4v) is 4.03. The van der Waals surface area contributed by atoms with Crippen LogP contribution in [0.4, 0.5) is 9.59 Å². The van der Waals surface area contributed by atoms with Gasteiger partial charge in [0.25, 0.3) is 5.91 Å². The van der Waals surface area contributed by atoms with Crippen molar-refractivity contribution >= 4 is 30.0 Å². The summed E-state index contributed by atoms with van der Waals surface area (Å²) in [5.74, 6) is -2.36. The smallest absolute Gasteiger partial charge is 0.444 e. The zero-order valence-corrected chi connectivity index (χ0v) is 24.7. The van der Waals surface area contributed by atoms with E-state index in [0.29, 0.717) is 18.5 Å². The molecule has 1 aliphatic heterocycles. The SMILES string of the molecule is CC(C)(C)OC(=O)N[C@@H](Cc1ccc(OC(=O)OC(C)(C)C)cc1)C(=O)NNC(=O)C(=O)N1CCc2ccccc2C1. The summed E-state index contributed by atoms with van der Waals surface area (Å²) in [4.78, 5) is 64.2. The average molecular weight is 583 g/mol. The first-order valence-electron chi connectivity index (χ1n) is 13.5. The standard InChI is InChI=1S/C30H38N4O8/c1-29(2,3)41-27(38)31-23(17-19-11-13-22(14-12-19)40-28(39)42-30(4,5)6)24(35)32-33-25(36)26(37)34-16-15-20-9-7-8-10-21(20)18-34/h7-14,23H,15-18H2,1-6H3,(H,31,38)(H,32,35)(H,33,36)/t23-/m0/s1. The minimum absolute atomic E-state index is 0.00941. The van der Waals surface area contributed by atoms with Crippen molar-refractivity contribution in [3.8, 4) is 5.75 Å². The van der Waals surface area contributed by atoms with Gasteiger partial charge in [-0.1, -0.05) is 36.4 Å². The maximum absolute atomic E-state index is 13.1. The van der Waals surface area contributed by atoms with Gasteiger partial charge < -0.3 is 24.4 Å². The van der Waals surface area contributed by atoms with Crippen LogP contribution in [0.2, 0.25) is 0 Å². The molecule has 0 bridgehead atoms. The maximum Gasteiger partial charge on any atom is 0.514 e. The number of amides is 4. The summed E-state index contributed by atoms with van der Waals surface area (Å²) in [7, 11) is 0. The maximum atomic E-state index is 13.1. The highest BCUT2D eigenvalue weighted by molar-refractivity contribution is 6.35. The number of nitrogens with one attached hydrogen (secondary N) is 3. The van der Waals surface area contributed by atoms with Crippen LogP contribution in [0.3, 0.4) is 0 Å². The summed E-state index contributed by atoms with van der Waals surface area (Å²) in [5.41, 5.74) is 5.51. The number of alkyl carbamates (subject to hydrolysis) is 1. The van der Waals surface area contributed by atoms with Crippen LogP contribution in [0.15, 0.2) is 48.5 Å². The van der Waals surface area contributed by atoms with E-state index in [-0.39, 0.29) is 18.7 Å². The van der Waals surface area contributed by atoms with E-state index in [0.717, 1.165) is 11.1 Å². The van der Waals surface area contributed by atoms with Gasteiger partial charge >= 0.3 is 24.1 Å². The largest absolute Gasteiger partial charge is 0.514 e. The monoisotopic (exact) mass is 582 g/mol. The number of nitrogens with zero attached hydrogens (tertiary/aromatic N) is 1. The van der Waals surface area contributed by atoms with Crippen molar-refractivity contribution in [2.24, 2.45) is 0 Å². The van der Waals surface area contributed by atoms with E-state index in [4.69, 9.17) is 14.2 Å². The number of benzene rings is 2. The summed E-state index contributed by atoms with van der Waals surface area (Å²) in [5, 5.41) is 2.50. The van der Waals surface area contributed by atoms with Gasteiger partial charge in [-0.2, -0.15) is 0 Å². The Hall–Kier alpha value is -4.61. The van der Waals surface area contributed by atoms with Gasteiger partial charge in [-0.15, -0.1) is 0 Å². The van der Waals surface area contributed by atoms with Crippen molar-refractivity contribution < 1.29 is 38.2 Å². The van der Waals surface area contributed by atoms with E-state index in [2.05, 4.69) is 16.2 Å². The quantitative estimate of drug-likeness (QED) is 0.210. The van der Waals surface area contributed by atoms with Crippen molar-refractivity contribution in [2.75, 3.05) is 6.54 Å². The van der Waals surface area contributed by atoms with Gasteiger partial charge in [0.2, 0.25) is 0 Å². The second-order valence-electron chi connectivity index (χ2n) is 11.8. The van der Waals surface area contributed by atoms with Gasteiger partial charge in [-0.3, -0.25) is 25.2 Å². The molecule has 0 unspecified atom stereocenters. The Labute approximate surface area is 245 Å². The van der Waals surface area contributed by atoms with Crippen LogP contribution in [0.25, 0.3) is 0 Å². The third kappa shape index (κ3) is 10.1. The van der Waals surface area contributed by atoms with Crippen molar-refractivity contribution in [3.05, 3.63) is 65.2 Å². The van der Waals surface area contributed by atoms with E-state index in [1.807, 2.05) is 24.3 Å². The molecule has 2 aromatic rings. The molecule has 4 amide bonds. The molecular weight excluding hydrogens is 544 g/mol. The predicted octanol–water partition coefficient (Wildman–Crippen LogP) is 3.17. The Balaban J connectivity index is 1.63. The fourth-order valence-electron chi connectivity index (χ4n) is 4.03. The van der Waals surface area contributed by atoms with Crippen LogP contribution in [0, 0.1) is 0 Å². The van der Waals surface area contributed by atoms with Crippen LogP contribution in [-0.2, 0) is 43.2 Å². The topological polar surface area (TPSA) is 152 Å². The summed E-state index contributed by atoms with van der Waals surface area (Å²) in [6.45, 7) is 10.8. The van der Waals surface area contributed by atoms with Crippen LogP contribution < -0.4 is 20.9 Å². The molecule has 0 aliphatic carbocycles. The molecule has 3 rings (SSSR count). The van der Waals surface area contributed by atoms with Gasteiger partial charge in [0.05, 0.1) is 0 Å². The first-order chi connectivity index (χ1) is 19.6. The number of rotatable bonds is 5. The second kappa shape index (κ2) is 13.4. The first kappa shape index (κ1) is 31.9. The number of ether oxygens (including phenoxy) is 3. The second-order valence-corrected chi connectivity index (χ2v) is 11.8. The van der Waals surface area contributed by atoms with Gasteiger partial charge in [0.15, 0.2) is 0 Å². The van der Waals surface area contributed by atoms with Gasteiger partial charge in [-0.05, 0) is 76.8 Å². The zero-order valence-electron chi connectivity index (χ0n) is 24.7. The van der Waals surface area contributed by atoms with E-state index < -0.39 is 47.2 Å². The summed E-state index contributed by atoms with van der Waals surface area (Å²) in [6, 6.07) is 12.7. The third-order valence-electron chi connectivity index (χ3n) is 5.87. The number of hydrogen-bond acceptors (Lipinski definition) is 8. The van der Waals surface area contributed by atoms with E-state index in [9.17, 15) is 24.0 Å². The Bertz CT molecular complexity index is 1310. The molecule has 0 radical (unpaired) electrons. The molecule has 0 saturated carbocycles. The van der Waals surface area contributed by atoms with E-state index >= 15 is 0 Å². The van der Waals surface area contributed by atoms with E-state index in [1.54, 1.807) is 53.7 Å². The zero-order chi connectivity index (χ0) is 31.1. The van der Waals surface area contributed by atoms with Gasteiger partial charge in [0, 0.05) is 19.5 Å².